The molecule has 0 aliphatic carbocycles. The summed E-state index contributed by atoms with van der Waals surface area (Å²) in [6.07, 6.45) is 6.09. The van der Waals surface area contributed by atoms with E-state index in [-0.39, 0.29) is 11.8 Å². The number of halogens is 1. The van der Waals surface area contributed by atoms with Crippen LogP contribution in [0, 0.1) is 5.82 Å². The molecule has 2 aromatic carbocycles. The molecule has 1 aromatic heterocycles. The van der Waals surface area contributed by atoms with E-state index in [9.17, 15) is 9.18 Å². The number of piperidine rings is 1. The van der Waals surface area contributed by atoms with Crippen LogP contribution in [0.15, 0.2) is 54.7 Å². The number of hydrogen-bond acceptors (Lipinski definition) is 3. The lowest BCUT2D eigenvalue weighted by atomic mass is 9.89. The summed E-state index contributed by atoms with van der Waals surface area (Å²) in [6, 6.07) is 15.0. The number of aromatic nitrogens is 1. The smallest absolute Gasteiger partial charge is 0.321 e. The molecule has 32 heavy (non-hydrogen) atoms. The van der Waals surface area contributed by atoms with Gasteiger partial charge in [0.1, 0.15) is 5.82 Å². The van der Waals surface area contributed by atoms with E-state index in [4.69, 9.17) is 0 Å². The van der Waals surface area contributed by atoms with Crippen molar-refractivity contribution in [3.8, 4) is 0 Å². The van der Waals surface area contributed by atoms with Gasteiger partial charge in [-0.15, -0.1) is 0 Å². The summed E-state index contributed by atoms with van der Waals surface area (Å²) in [5.74, 6) is 0.161. The molecule has 0 bridgehead atoms. The van der Waals surface area contributed by atoms with Crippen LogP contribution >= 0.6 is 0 Å². The zero-order chi connectivity index (χ0) is 21.9. The van der Waals surface area contributed by atoms with Crippen LogP contribution in [0.25, 0.3) is 10.9 Å². The summed E-state index contributed by atoms with van der Waals surface area (Å²) in [6.45, 7) is 4.71. The fourth-order valence-corrected chi connectivity index (χ4v) is 4.89. The van der Waals surface area contributed by atoms with Crippen LogP contribution in [-0.4, -0.2) is 47.0 Å². The highest BCUT2D eigenvalue weighted by Gasteiger charge is 2.24. The Hall–Kier alpha value is -2.99. The lowest BCUT2D eigenvalue weighted by Gasteiger charge is -2.32. The third-order valence-electron chi connectivity index (χ3n) is 6.73. The third kappa shape index (κ3) is 4.75. The first-order chi connectivity index (χ1) is 15.6. The maximum atomic E-state index is 13.2. The number of benzene rings is 2. The maximum Gasteiger partial charge on any atom is 0.321 e. The van der Waals surface area contributed by atoms with Gasteiger partial charge in [-0.2, -0.15) is 0 Å². The summed E-state index contributed by atoms with van der Waals surface area (Å²) in [5.41, 5.74) is 4.11. The second-order valence-electron chi connectivity index (χ2n) is 8.98. The van der Waals surface area contributed by atoms with Crippen molar-refractivity contribution in [1.29, 1.82) is 0 Å². The first-order valence-electron chi connectivity index (χ1n) is 11.6. The van der Waals surface area contributed by atoms with E-state index in [2.05, 4.69) is 33.4 Å². The quantitative estimate of drug-likeness (QED) is 0.602. The molecule has 2 aliphatic heterocycles. The number of likely N-dealkylation sites (tertiary alicyclic amines) is 2. The van der Waals surface area contributed by atoms with E-state index in [1.807, 2.05) is 23.1 Å². The Kier molecular flexibility index (Phi) is 6.04. The molecule has 2 saturated heterocycles. The largest absolute Gasteiger partial charge is 0.324 e. The van der Waals surface area contributed by atoms with Gasteiger partial charge in [0.15, 0.2) is 0 Å². The van der Waals surface area contributed by atoms with E-state index in [0.29, 0.717) is 19.0 Å². The lowest BCUT2D eigenvalue weighted by Crippen LogP contribution is -2.40. The van der Waals surface area contributed by atoms with Crippen molar-refractivity contribution >= 4 is 22.6 Å². The molecule has 0 saturated carbocycles. The average molecular weight is 433 g/mol. The van der Waals surface area contributed by atoms with Crippen LogP contribution in [0.1, 0.15) is 42.7 Å². The van der Waals surface area contributed by atoms with Crippen LogP contribution < -0.4 is 5.32 Å². The molecule has 2 amide bonds. The van der Waals surface area contributed by atoms with Gasteiger partial charge in [0.25, 0.3) is 0 Å². The second kappa shape index (κ2) is 9.25. The van der Waals surface area contributed by atoms with E-state index in [0.717, 1.165) is 41.5 Å². The number of pyridine rings is 1. The number of nitrogens with one attached hydrogen (secondary N) is 1. The number of fused-ring (bicyclic) bond motifs is 1. The van der Waals surface area contributed by atoms with Gasteiger partial charge in [-0.25, -0.2) is 9.18 Å². The second-order valence-corrected chi connectivity index (χ2v) is 8.98. The van der Waals surface area contributed by atoms with Crippen molar-refractivity contribution in [2.45, 2.75) is 38.1 Å². The minimum Gasteiger partial charge on any atom is -0.324 e. The molecule has 2 aliphatic rings. The van der Waals surface area contributed by atoms with E-state index >= 15 is 0 Å². The normalized spacial score (nSPS) is 17.7. The van der Waals surface area contributed by atoms with Gasteiger partial charge in [-0.05, 0) is 80.1 Å². The lowest BCUT2D eigenvalue weighted by molar-refractivity contribution is 0.194. The molecule has 5 nitrogen and oxygen atoms in total. The minimum absolute atomic E-state index is 0.0886. The molecule has 6 heteroatoms. The monoisotopic (exact) mass is 432 g/mol. The Bertz CT molecular complexity index is 1090. The number of nitrogens with zero attached hydrogens (tertiary/aromatic N) is 3. The predicted octanol–water partition coefficient (Wildman–Crippen LogP) is 5.38. The molecule has 0 atom stereocenters. The van der Waals surface area contributed by atoms with E-state index in [1.165, 1.54) is 43.6 Å². The topological polar surface area (TPSA) is 48.5 Å². The van der Waals surface area contributed by atoms with Gasteiger partial charge in [0.05, 0.1) is 17.4 Å². The average Bonchev–Trinajstić information content (AvgIpc) is 3.33. The van der Waals surface area contributed by atoms with Crippen LogP contribution in [0.3, 0.4) is 0 Å². The molecule has 5 rings (SSSR count). The molecule has 1 N–H and O–H groups in total. The molecule has 0 spiro atoms. The Morgan fingerprint density at radius 1 is 1.00 bits per heavy atom. The van der Waals surface area contributed by atoms with Crippen molar-refractivity contribution in [3.63, 3.8) is 0 Å². The highest BCUT2D eigenvalue weighted by molar-refractivity contribution is 5.92. The molecule has 2 fully saturated rings. The molecule has 166 valence electrons. The zero-order valence-electron chi connectivity index (χ0n) is 18.3. The first kappa shape index (κ1) is 20.9. The Labute approximate surface area is 188 Å². The van der Waals surface area contributed by atoms with Crippen molar-refractivity contribution in [2.24, 2.45) is 0 Å². The molecular formula is C26H29FN4O. The number of hydrogen-bond donors (Lipinski definition) is 1. The summed E-state index contributed by atoms with van der Waals surface area (Å²) in [7, 11) is 0. The van der Waals surface area contributed by atoms with Gasteiger partial charge in [-0.3, -0.25) is 9.88 Å². The molecule has 3 heterocycles. The highest BCUT2D eigenvalue weighted by Crippen LogP contribution is 2.28. The number of carbonyl (C=O) groups is 1. The number of carbonyl (C=O) groups excluding carboxylic acids is 1. The van der Waals surface area contributed by atoms with Crippen LogP contribution in [0.4, 0.5) is 14.9 Å². The van der Waals surface area contributed by atoms with Crippen molar-refractivity contribution in [3.05, 3.63) is 71.7 Å². The fourth-order valence-electron chi connectivity index (χ4n) is 4.89. The first-order valence-corrected chi connectivity index (χ1v) is 11.6. The van der Waals surface area contributed by atoms with Gasteiger partial charge in [-0.1, -0.05) is 24.3 Å². The minimum atomic E-state index is -0.211. The Morgan fingerprint density at radius 2 is 1.75 bits per heavy atom. The SMILES string of the molecule is O=C(Nc1cnc2cc(CN3CCCC3)ccc2c1)N1CCC(c2ccc(F)cc2)CC1. The standard InChI is InChI=1S/C26H29FN4O/c27-23-7-5-20(6-8-23)21-9-13-31(14-10-21)26(32)29-24-16-22-4-3-19(15-25(22)28-17-24)18-30-11-1-2-12-30/h3-8,15-17,21H,1-2,9-14,18H2,(H,29,32). The van der Waals surface area contributed by atoms with E-state index in [1.54, 1.807) is 6.20 Å². The van der Waals surface area contributed by atoms with Crippen molar-refractivity contribution < 1.29 is 9.18 Å². The fraction of sp³-hybridized carbons (Fsp3) is 0.385. The van der Waals surface area contributed by atoms with Gasteiger partial charge in [0.2, 0.25) is 0 Å². The Morgan fingerprint density at radius 3 is 2.50 bits per heavy atom. The van der Waals surface area contributed by atoms with Crippen LogP contribution in [-0.2, 0) is 6.54 Å². The summed E-state index contributed by atoms with van der Waals surface area (Å²) < 4.78 is 13.2. The van der Waals surface area contributed by atoms with Gasteiger partial charge in [0, 0.05) is 25.0 Å². The molecule has 0 unspecified atom stereocenters. The summed E-state index contributed by atoms with van der Waals surface area (Å²) in [4.78, 5) is 21.7. The molecule has 3 aromatic rings. The highest BCUT2D eigenvalue weighted by atomic mass is 19.1. The van der Waals surface area contributed by atoms with Crippen LogP contribution in [0.2, 0.25) is 0 Å². The predicted molar refractivity (Wildman–Crippen MR) is 125 cm³/mol. The number of urea groups is 1. The zero-order valence-corrected chi connectivity index (χ0v) is 18.3. The number of amides is 2. The van der Waals surface area contributed by atoms with Gasteiger partial charge < -0.3 is 10.2 Å². The maximum absolute atomic E-state index is 13.2. The van der Waals surface area contributed by atoms with E-state index < -0.39 is 0 Å². The molecular weight excluding hydrogens is 403 g/mol. The Balaban J connectivity index is 1.18. The number of rotatable bonds is 4. The third-order valence-corrected chi connectivity index (χ3v) is 6.73. The summed E-state index contributed by atoms with van der Waals surface area (Å²) >= 11 is 0. The van der Waals surface area contributed by atoms with Gasteiger partial charge >= 0.3 is 6.03 Å². The van der Waals surface area contributed by atoms with Crippen molar-refractivity contribution in [2.75, 3.05) is 31.5 Å². The number of anilines is 1. The molecule has 0 radical (unpaired) electrons. The summed E-state index contributed by atoms with van der Waals surface area (Å²) in [5, 5.41) is 4.04. The van der Waals surface area contributed by atoms with Crippen LogP contribution in [0.5, 0.6) is 0 Å². The van der Waals surface area contributed by atoms with Crippen molar-refractivity contribution in [1.82, 2.24) is 14.8 Å².